The zero-order valence-electron chi connectivity index (χ0n) is 12.3. The highest BCUT2D eigenvalue weighted by Gasteiger charge is 2.27. The van der Waals surface area contributed by atoms with Gasteiger partial charge in [0.15, 0.2) is 0 Å². The van der Waals surface area contributed by atoms with Crippen molar-refractivity contribution in [3.63, 3.8) is 0 Å². The van der Waals surface area contributed by atoms with Gasteiger partial charge in [-0.3, -0.25) is 9.59 Å². The summed E-state index contributed by atoms with van der Waals surface area (Å²) in [7, 11) is 0. The maximum absolute atomic E-state index is 12.6. The molecule has 0 bridgehead atoms. The van der Waals surface area contributed by atoms with Crippen LogP contribution in [0.5, 0.6) is 0 Å². The maximum atomic E-state index is 12.6. The quantitative estimate of drug-likeness (QED) is 0.911. The first kappa shape index (κ1) is 14.6. The fourth-order valence-corrected chi connectivity index (χ4v) is 4.48. The van der Waals surface area contributed by atoms with Crippen LogP contribution in [-0.2, 0) is 17.6 Å². The van der Waals surface area contributed by atoms with Crippen LogP contribution < -0.4 is 5.73 Å². The van der Waals surface area contributed by atoms with Crippen LogP contribution in [0.25, 0.3) is 0 Å². The number of nitrogens with zero attached hydrogens (tertiary/aromatic N) is 1. The highest BCUT2D eigenvalue weighted by Crippen LogP contribution is 2.33. The van der Waals surface area contributed by atoms with Crippen LogP contribution in [0.2, 0.25) is 0 Å². The van der Waals surface area contributed by atoms with Gasteiger partial charge in [0.25, 0.3) is 5.91 Å². The first-order valence-corrected chi connectivity index (χ1v) is 8.67. The highest BCUT2D eigenvalue weighted by molar-refractivity contribution is 7.14. The summed E-state index contributed by atoms with van der Waals surface area (Å²) in [5.41, 5.74) is 6.57. The molecule has 1 aliphatic heterocycles. The van der Waals surface area contributed by atoms with E-state index in [1.54, 1.807) is 11.3 Å². The molecule has 1 aromatic rings. The van der Waals surface area contributed by atoms with Crippen molar-refractivity contribution in [1.82, 2.24) is 4.90 Å². The molecule has 1 fully saturated rings. The van der Waals surface area contributed by atoms with Crippen molar-refractivity contribution in [2.24, 2.45) is 11.7 Å². The molecular weight excluding hydrogens is 284 g/mol. The number of fused-ring (bicyclic) bond motifs is 1. The Balaban J connectivity index is 1.75. The number of thiophene rings is 1. The summed E-state index contributed by atoms with van der Waals surface area (Å²) in [5, 5.41) is 0. The van der Waals surface area contributed by atoms with Crippen molar-refractivity contribution in [1.29, 1.82) is 0 Å². The van der Waals surface area contributed by atoms with Crippen LogP contribution in [0.15, 0.2) is 6.07 Å². The molecule has 0 unspecified atom stereocenters. The molecule has 2 heterocycles. The lowest BCUT2D eigenvalue weighted by Gasteiger charge is -2.19. The minimum absolute atomic E-state index is 0.0618. The molecule has 0 spiro atoms. The van der Waals surface area contributed by atoms with Crippen molar-refractivity contribution in [3.05, 3.63) is 21.4 Å². The summed E-state index contributed by atoms with van der Waals surface area (Å²) < 4.78 is 0. The molecule has 2 N–H and O–H groups in total. The second kappa shape index (κ2) is 6.18. The third kappa shape index (κ3) is 3.12. The maximum Gasteiger partial charge on any atom is 0.263 e. The van der Waals surface area contributed by atoms with Gasteiger partial charge < -0.3 is 10.6 Å². The predicted molar refractivity (Wildman–Crippen MR) is 83.4 cm³/mol. The van der Waals surface area contributed by atoms with Gasteiger partial charge in [-0.05, 0) is 43.7 Å². The van der Waals surface area contributed by atoms with Crippen LogP contribution in [-0.4, -0.2) is 29.8 Å². The van der Waals surface area contributed by atoms with Crippen molar-refractivity contribution >= 4 is 23.2 Å². The molecule has 5 heteroatoms. The third-order valence-electron chi connectivity index (χ3n) is 4.59. The van der Waals surface area contributed by atoms with Crippen molar-refractivity contribution in [2.75, 3.05) is 13.1 Å². The third-order valence-corrected chi connectivity index (χ3v) is 5.81. The van der Waals surface area contributed by atoms with Crippen LogP contribution in [0.4, 0.5) is 0 Å². The molecule has 0 saturated carbocycles. The molecule has 4 nitrogen and oxygen atoms in total. The van der Waals surface area contributed by atoms with Gasteiger partial charge in [0.1, 0.15) is 0 Å². The Bertz CT molecular complexity index is 544. The van der Waals surface area contributed by atoms with Crippen LogP contribution in [0.3, 0.4) is 0 Å². The fraction of sp³-hybridized carbons (Fsp3) is 0.625. The average molecular weight is 306 g/mol. The summed E-state index contributed by atoms with van der Waals surface area (Å²) in [4.78, 5) is 28.1. The molecule has 21 heavy (non-hydrogen) atoms. The lowest BCUT2D eigenvalue weighted by Crippen LogP contribution is -2.31. The number of likely N-dealkylation sites (tertiary alicyclic amines) is 1. The zero-order chi connectivity index (χ0) is 14.8. The van der Waals surface area contributed by atoms with E-state index in [0.717, 1.165) is 49.2 Å². The number of hydrogen-bond acceptors (Lipinski definition) is 3. The summed E-state index contributed by atoms with van der Waals surface area (Å²) >= 11 is 1.61. The molecule has 0 aromatic carbocycles. The molecule has 2 amide bonds. The Morgan fingerprint density at radius 2 is 1.90 bits per heavy atom. The normalized spacial score (nSPS) is 22.5. The lowest BCUT2D eigenvalue weighted by atomic mass is 9.88. The summed E-state index contributed by atoms with van der Waals surface area (Å²) in [6.07, 6.45) is 7.08. The van der Waals surface area contributed by atoms with Gasteiger partial charge in [-0.2, -0.15) is 0 Å². The minimum Gasteiger partial charge on any atom is -0.369 e. The molecule has 2 aliphatic rings. The van der Waals surface area contributed by atoms with E-state index in [9.17, 15) is 9.59 Å². The Morgan fingerprint density at radius 1 is 1.19 bits per heavy atom. The summed E-state index contributed by atoms with van der Waals surface area (Å²) in [5.74, 6) is -0.104. The minimum atomic E-state index is -0.216. The van der Waals surface area contributed by atoms with Gasteiger partial charge in [-0.15, -0.1) is 11.3 Å². The van der Waals surface area contributed by atoms with E-state index in [0.29, 0.717) is 6.42 Å². The lowest BCUT2D eigenvalue weighted by molar-refractivity contribution is -0.122. The zero-order valence-corrected chi connectivity index (χ0v) is 13.1. The molecule has 1 aromatic heterocycles. The van der Waals surface area contributed by atoms with Gasteiger partial charge in [0, 0.05) is 23.9 Å². The van der Waals surface area contributed by atoms with E-state index in [-0.39, 0.29) is 17.7 Å². The van der Waals surface area contributed by atoms with Crippen molar-refractivity contribution in [3.8, 4) is 0 Å². The molecule has 1 saturated heterocycles. The first-order valence-electron chi connectivity index (χ1n) is 7.85. The number of amides is 2. The Hall–Kier alpha value is -1.36. The van der Waals surface area contributed by atoms with Crippen molar-refractivity contribution < 1.29 is 9.59 Å². The topological polar surface area (TPSA) is 63.4 Å². The standard InChI is InChI=1S/C16H22N2O2S/c17-15(19)11-5-6-13-12(9-11)10-14(21-13)16(20)18-7-3-1-2-4-8-18/h10-11H,1-9H2,(H2,17,19)/t11-/m0/s1. The van der Waals surface area contributed by atoms with Gasteiger partial charge >= 0.3 is 0 Å². The first-order chi connectivity index (χ1) is 10.1. The van der Waals surface area contributed by atoms with Crippen molar-refractivity contribution in [2.45, 2.75) is 44.9 Å². The monoisotopic (exact) mass is 306 g/mol. The number of carbonyl (C=O) groups is 2. The van der Waals surface area contributed by atoms with E-state index in [1.807, 2.05) is 11.0 Å². The number of nitrogens with two attached hydrogens (primary N) is 1. The molecule has 1 atom stereocenters. The molecule has 0 radical (unpaired) electrons. The van der Waals surface area contributed by atoms with Crippen LogP contribution in [0, 0.1) is 5.92 Å². The second-order valence-electron chi connectivity index (χ2n) is 6.11. The van der Waals surface area contributed by atoms with Crippen LogP contribution in [0.1, 0.15) is 52.2 Å². The molecule has 1 aliphatic carbocycles. The number of carbonyl (C=O) groups excluding carboxylic acids is 2. The Labute approximate surface area is 129 Å². The van der Waals surface area contributed by atoms with E-state index in [4.69, 9.17) is 5.73 Å². The molecular formula is C16H22N2O2S. The number of rotatable bonds is 2. The number of aryl methyl sites for hydroxylation is 1. The van der Waals surface area contributed by atoms with Gasteiger partial charge in [-0.25, -0.2) is 0 Å². The van der Waals surface area contributed by atoms with Crippen LogP contribution >= 0.6 is 11.3 Å². The van der Waals surface area contributed by atoms with Gasteiger partial charge in [-0.1, -0.05) is 12.8 Å². The van der Waals surface area contributed by atoms with Gasteiger partial charge in [0.2, 0.25) is 5.91 Å². The molecule has 114 valence electrons. The fourth-order valence-electron chi connectivity index (χ4n) is 3.30. The second-order valence-corrected chi connectivity index (χ2v) is 7.24. The van der Waals surface area contributed by atoms with E-state index in [2.05, 4.69) is 0 Å². The Morgan fingerprint density at radius 3 is 2.57 bits per heavy atom. The number of primary amides is 1. The smallest absolute Gasteiger partial charge is 0.263 e. The predicted octanol–water partition coefficient (Wildman–Crippen LogP) is 2.35. The summed E-state index contributed by atoms with van der Waals surface area (Å²) in [6, 6.07) is 2.00. The molecule has 3 rings (SSSR count). The number of hydrogen-bond donors (Lipinski definition) is 1. The SMILES string of the molecule is NC(=O)[C@H]1CCc2sc(C(=O)N3CCCCCC3)cc2C1. The van der Waals surface area contributed by atoms with E-state index in [1.165, 1.54) is 17.7 Å². The Kier molecular flexibility index (Phi) is 4.29. The highest BCUT2D eigenvalue weighted by atomic mass is 32.1. The average Bonchev–Trinajstić information content (AvgIpc) is 2.71. The van der Waals surface area contributed by atoms with Gasteiger partial charge in [0.05, 0.1) is 4.88 Å². The summed E-state index contributed by atoms with van der Waals surface area (Å²) in [6.45, 7) is 1.76. The van der Waals surface area contributed by atoms with E-state index >= 15 is 0 Å². The van der Waals surface area contributed by atoms with E-state index < -0.39 is 0 Å². The largest absolute Gasteiger partial charge is 0.369 e.